The summed E-state index contributed by atoms with van der Waals surface area (Å²) in [6.45, 7) is 1.44. The van der Waals surface area contributed by atoms with Crippen molar-refractivity contribution in [1.29, 1.82) is 0 Å². The molecule has 1 atom stereocenters. The van der Waals surface area contributed by atoms with E-state index in [-0.39, 0.29) is 6.61 Å². The largest absolute Gasteiger partial charge is 0.553 e. The predicted molar refractivity (Wildman–Crippen MR) is 53.7 cm³/mol. The zero-order chi connectivity index (χ0) is 10.3. The summed E-state index contributed by atoms with van der Waals surface area (Å²) in [5, 5.41) is 17.5. The molecule has 0 saturated carbocycles. The second kappa shape index (κ2) is 6.68. The highest BCUT2D eigenvalue weighted by molar-refractivity contribution is 7.32. The molecule has 4 nitrogen and oxygen atoms in total. The monoisotopic (exact) mass is 209 g/mol. The number of aliphatic hydroxyl groups excluding tert-OH is 2. The van der Waals surface area contributed by atoms with Crippen LogP contribution in [0.15, 0.2) is 0 Å². The molecule has 5 heteroatoms. The van der Waals surface area contributed by atoms with Crippen LogP contribution in [0.1, 0.15) is 0 Å². The lowest BCUT2D eigenvalue weighted by atomic mass is 10.4. The Bertz CT molecular complexity index is 127. The van der Waals surface area contributed by atoms with E-state index in [0.29, 0.717) is 12.8 Å². The molecule has 0 spiro atoms. The van der Waals surface area contributed by atoms with Gasteiger partial charge in [0.2, 0.25) is 0 Å². The Labute approximate surface area is 82.0 Å². The number of hydrogen-bond donors (Lipinski definition) is 2. The fraction of sp³-hybridized carbons (Fsp3) is 1.00. The van der Waals surface area contributed by atoms with E-state index in [4.69, 9.17) is 14.7 Å². The molecule has 0 fully saturated rings. The van der Waals surface area contributed by atoms with Gasteiger partial charge in [-0.2, -0.15) is 0 Å². The zero-order valence-electron chi connectivity index (χ0n) is 8.60. The molecular weight excluding hydrogens is 189 g/mol. The third-order valence-corrected chi connectivity index (χ3v) is 2.38. The van der Waals surface area contributed by atoms with Gasteiger partial charge >= 0.3 is 0 Å². The summed E-state index contributed by atoms with van der Waals surface area (Å²) in [5.41, 5.74) is 0. The molecule has 0 heterocycles. The Morgan fingerprint density at radius 2 is 2.00 bits per heavy atom. The third-order valence-electron chi connectivity index (χ3n) is 1.44. The van der Waals surface area contributed by atoms with Crippen molar-refractivity contribution < 1.29 is 19.2 Å². The highest BCUT2D eigenvalue weighted by atomic mass is 31.1. The van der Waals surface area contributed by atoms with Gasteiger partial charge < -0.3 is 28.0 Å². The lowest BCUT2D eigenvalue weighted by Crippen LogP contribution is -2.37. The first-order chi connectivity index (χ1) is 5.95. The van der Waals surface area contributed by atoms with Crippen molar-refractivity contribution >= 4 is 8.81 Å². The second-order valence-corrected chi connectivity index (χ2v) is 4.88. The Balaban J connectivity index is 3.18. The number of nitrogens with zero attached hydrogens (tertiary/aromatic N) is 1. The summed E-state index contributed by atoms with van der Waals surface area (Å²) in [4.78, 5) is 0. The standard InChI is InChI=1S/C8H20NO3P/c1-9(2,3)4-5-12-13-7-8(11)6-10/h8,10-11H,4-7H2,1-3H3. The number of likely N-dealkylation sites (N-methyl/N-ethyl adjacent to an activating group) is 1. The first-order valence-corrected chi connectivity index (χ1v) is 5.33. The highest BCUT2D eigenvalue weighted by Gasteiger charge is 2.03. The average Bonchev–Trinajstić information content (AvgIpc) is 2.01. The van der Waals surface area contributed by atoms with Crippen molar-refractivity contribution in [1.82, 2.24) is 0 Å². The fourth-order valence-electron chi connectivity index (χ4n) is 0.576. The molecule has 0 rings (SSSR count). The Kier molecular flexibility index (Phi) is 6.82. The molecule has 13 heavy (non-hydrogen) atoms. The number of hydrogen-bond acceptors (Lipinski definition) is 3. The van der Waals surface area contributed by atoms with Crippen LogP contribution in [0.25, 0.3) is 0 Å². The van der Waals surface area contributed by atoms with Gasteiger partial charge in [0.15, 0.2) is 0 Å². The first-order valence-electron chi connectivity index (χ1n) is 4.34. The normalized spacial score (nSPS) is 15.5. The number of quaternary nitrogens is 1. The Hall–Kier alpha value is 0.270. The van der Waals surface area contributed by atoms with Crippen LogP contribution in [0.4, 0.5) is 0 Å². The summed E-state index contributed by atoms with van der Waals surface area (Å²) in [7, 11) is 7.05. The quantitative estimate of drug-likeness (QED) is 0.350. The first kappa shape index (κ1) is 13.3. The van der Waals surface area contributed by atoms with Gasteiger partial charge in [-0.05, 0) is 0 Å². The highest BCUT2D eigenvalue weighted by Crippen LogP contribution is 2.12. The molecule has 0 aromatic rings. The van der Waals surface area contributed by atoms with Crippen LogP contribution >= 0.6 is 8.81 Å². The summed E-state index contributed by atoms with van der Waals surface area (Å²) < 4.78 is 6.14. The van der Waals surface area contributed by atoms with Crippen molar-refractivity contribution in [3.63, 3.8) is 0 Å². The van der Waals surface area contributed by atoms with Gasteiger partial charge in [0, 0.05) is 0 Å². The van der Waals surface area contributed by atoms with Crippen LogP contribution in [0, 0.1) is 0 Å². The molecule has 0 radical (unpaired) electrons. The topological polar surface area (TPSA) is 49.7 Å². The van der Waals surface area contributed by atoms with Crippen LogP contribution in [-0.4, -0.2) is 67.9 Å². The zero-order valence-corrected chi connectivity index (χ0v) is 9.50. The summed E-state index contributed by atoms with van der Waals surface area (Å²) >= 11 is 0. The summed E-state index contributed by atoms with van der Waals surface area (Å²) in [6, 6.07) is 0. The average molecular weight is 209 g/mol. The summed E-state index contributed by atoms with van der Waals surface area (Å²) in [5.74, 6) is 0. The van der Waals surface area contributed by atoms with Gasteiger partial charge in [0.25, 0.3) is 0 Å². The minimum Gasteiger partial charge on any atom is -0.553 e. The van der Waals surface area contributed by atoms with Crippen molar-refractivity contribution in [3.8, 4) is 0 Å². The minimum absolute atomic E-state index is 0.189. The van der Waals surface area contributed by atoms with Crippen LogP contribution in [0.5, 0.6) is 0 Å². The van der Waals surface area contributed by atoms with Gasteiger partial charge in [-0.25, -0.2) is 0 Å². The maximum Gasteiger partial charge on any atom is 0.0989 e. The third kappa shape index (κ3) is 10.2. The van der Waals surface area contributed by atoms with Crippen molar-refractivity contribution in [2.45, 2.75) is 6.10 Å². The van der Waals surface area contributed by atoms with E-state index in [9.17, 15) is 0 Å². The van der Waals surface area contributed by atoms with E-state index in [0.717, 1.165) is 19.8 Å². The number of rotatable bonds is 7. The molecule has 0 amide bonds. The van der Waals surface area contributed by atoms with Gasteiger partial charge in [-0.3, -0.25) is 0 Å². The van der Waals surface area contributed by atoms with E-state index in [1.807, 2.05) is 0 Å². The van der Waals surface area contributed by atoms with E-state index < -0.39 is 6.10 Å². The molecule has 2 N–H and O–H groups in total. The van der Waals surface area contributed by atoms with Crippen LogP contribution in [-0.2, 0) is 4.52 Å². The Morgan fingerprint density at radius 1 is 1.38 bits per heavy atom. The van der Waals surface area contributed by atoms with Crippen molar-refractivity contribution in [3.05, 3.63) is 0 Å². The molecule has 0 bridgehead atoms. The maximum atomic E-state index is 8.98. The Morgan fingerprint density at radius 3 is 2.46 bits per heavy atom. The van der Waals surface area contributed by atoms with Crippen LogP contribution < -0.4 is 0 Å². The summed E-state index contributed by atoms with van der Waals surface area (Å²) in [6.07, 6.45) is -0.168. The molecule has 0 saturated heterocycles. The van der Waals surface area contributed by atoms with Gasteiger partial charge in [0.05, 0.1) is 47.0 Å². The smallest absolute Gasteiger partial charge is 0.0989 e. The van der Waals surface area contributed by atoms with Gasteiger partial charge in [-0.1, -0.05) is 0 Å². The molecule has 80 valence electrons. The van der Waals surface area contributed by atoms with Gasteiger partial charge in [0.1, 0.15) is 0 Å². The van der Waals surface area contributed by atoms with E-state index in [1.165, 1.54) is 0 Å². The SMILES string of the molecule is C[N+](C)(C)CCO[P-]CC(O)CO. The van der Waals surface area contributed by atoms with Crippen LogP contribution in [0.3, 0.4) is 0 Å². The predicted octanol–water partition coefficient (Wildman–Crippen LogP) is -0.0764. The van der Waals surface area contributed by atoms with Crippen LogP contribution in [0.2, 0.25) is 0 Å². The molecule has 0 aliphatic carbocycles. The maximum absolute atomic E-state index is 8.98. The number of aliphatic hydroxyl groups is 2. The van der Waals surface area contributed by atoms with Crippen molar-refractivity contribution in [2.75, 3.05) is 47.1 Å². The molecule has 1 unspecified atom stereocenters. The van der Waals surface area contributed by atoms with E-state index >= 15 is 0 Å². The second-order valence-electron chi connectivity index (χ2n) is 4.00. The molecule has 0 aromatic carbocycles. The molecule has 0 aliphatic heterocycles. The van der Waals surface area contributed by atoms with Crippen molar-refractivity contribution in [2.24, 2.45) is 0 Å². The fourth-order valence-corrected chi connectivity index (χ4v) is 1.18. The molecule has 0 aliphatic rings. The van der Waals surface area contributed by atoms with Gasteiger partial charge in [-0.15, -0.1) is 6.16 Å². The van der Waals surface area contributed by atoms with E-state index in [1.54, 1.807) is 0 Å². The lowest BCUT2D eigenvalue weighted by Gasteiger charge is -2.27. The lowest BCUT2D eigenvalue weighted by molar-refractivity contribution is -0.870. The molecular formula is C8H20NO3P. The minimum atomic E-state index is -0.647. The van der Waals surface area contributed by atoms with E-state index in [2.05, 4.69) is 21.1 Å². The molecule has 0 aromatic heterocycles.